The van der Waals surface area contributed by atoms with E-state index in [0.29, 0.717) is 12.3 Å². The van der Waals surface area contributed by atoms with E-state index in [2.05, 4.69) is 30.7 Å². The van der Waals surface area contributed by atoms with E-state index in [1.807, 2.05) is 26.0 Å². The molecule has 2 aromatic rings. The molecule has 1 aliphatic rings. The summed E-state index contributed by atoms with van der Waals surface area (Å²) in [5.41, 5.74) is 6.13. The highest BCUT2D eigenvalue weighted by atomic mass is 16.5. The Balaban J connectivity index is 1.98. The highest BCUT2D eigenvalue weighted by Gasteiger charge is 2.24. The zero-order valence-corrected chi connectivity index (χ0v) is 13.4. The molecule has 0 bridgehead atoms. The summed E-state index contributed by atoms with van der Waals surface area (Å²) in [7, 11) is 0. The summed E-state index contributed by atoms with van der Waals surface area (Å²) in [5.74, 6) is 1.66. The van der Waals surface area contributed by atoms with E-state index in [1.165, 1.54) is 11.0 Å². The Kier molecular flexibility index (Phi) is 3.68. The molecule has 1 heterocycles. The van der Waals surface area contributed by atoms with Crippen LogP contribution in [0.3, 0.4) is 0 Å². The molecule has 0 saturated carbocycles. The summed E-state index contributed by atoms with van der Waals surface area (Å²) in [6.07, 6.45) is 0. The highest BCUT2D eigenvalue weighted by molar-refractivity contribution is 6.67. The molecular weight excluding hydrogens is 273 g/mol. The number of benzene rings is 2. The Labute approximate surface area is 131 Å². The number of ether oxygens (including phenoxy) is 1. The predicted octanol–water partition coefficient (Wildman–Crippen LogP) is 4.31. The molecule has 0 unspecified atom stereocenters. The SMILES string of the molecule is [C-]#[N+]c1cc(C)c(Oc2cc3c(cc2C)B(C)OC3)cc1C. The van der Waals surface area contributed by atoms with Crippen LogP contribution in [0.4, 0.5) is 5.69 Å². The Morgan fingerprint density at radius 3 is 2.45 bits per heavy atom. The second-order valence-corrected chi connectivity index (χ2v) is 5.89. The summed E-state index contributed by atoms with van der Waals surface area (Å²) in [6.45, 7) is 16.0. The molecule has 0 spiro atoms. The number of aryl methyl sites for hydroxylation is 3. The second kappa shape index (κ2) is 5.51. The van der Waals surface area contributed by atoms with Gasteiger partial charge >= 0.3 is 6.92 Å². The smallest absolute Gasteiger partial charge is 0.324 e. The first-order valence-electron chi connectivity index (χ1n) is 7.41. The fraction of sp³-hybridized carbons (Fsp3) is 0.278. The van der Waals surface area contributed by atoms with Gasteiger partial charge in [-0.05, 0) is 66.7 Å². The third-order valence-corrected chi connectivity index (χ3v) is 4.20. The number of hydrogen-bond donors (Lipinski definition) is 0. The first-order chi connectivity index (χ1) is 10.5. The van der Waals surface area contributed by atoms with E-state index in [9.17, 15) is 0 Å². The van der Waals surface area contributed by atoms with E-state index in [-0.39, 0.29) is 6.92 Å². The molecule has 0 N–H and O–H groups in total. The summed E-state index contributed by atoms with van der Waals surface area (Å²) in [5, 5.41) is 0. The lowest BCUT2D eigenvalue weighted by molar-refractivity contribution is 0.333. The average molecular weight is 291 g/mol. The van der Waals surface area contributed by atoms with Gasteiger partial charge in [0.2, 0.25) is 0 Å². The van der Waals surface area contributed by atoms with Crippen molar-refractivity contribution in [3.05, 3.63) is 57.9 Å². The fourth-order valence-corrected chi connectivity index (χ4v) is 2.79. The van der Waals surface area contributed by atoms with Gasteiger partial charge in [-0.1, -0.05) is 12.9 Å². The molecule has 0 aliphatic carbocycles. The van der Waals surface area contributed by atoms with E-state index in [0.717, 1.165) is 28.2 Å². The topological polar surface area (TPSA) is 22.8 Å². The van der Waals surface area contributed by atoms with Crippen molar-refractivity contribution >= 4 is 18.1 Å². The van der Waals surface area contributed by atoms with Gasteiger partial charge in [-0.15, -0.1) is 0 Å². The predicted molar refractivity (Wildman–Crippen MR) is 89.5 cm³/mol. The molecule has 22 heavy (non-hydrogen) atoms. The second-order valence-electron chi connectivity index (χ2n) is 5.89. The summed E-state index contributed by atoms with van der Waals surface area (Å²) < 4.78 is 11.8. The molecule has 3 nitrogen and oxygen atoms in total. The maximum absolute atomic E-state index is 7.18. The van der Waals surface area contributed by atoms with Gasteiger partial charge in [0, 0.05) is 0 Å². The molecule has 3 rings (SSSR count). The van der Waals surface area contributed by atoms with Gasteiger partial charge in [-0.25, -0.2) is 4.85 Å². The van der Waals surface area contributed by atoms with Gasteiger partial charge in [-0.3, -0.25) is 0 Å². The Morgan fingerprint density at radius 1 is 1.05 bits per heavy atom. The number of rotatable bonds is 2. The lowest BCUT2D eigenvalue weighted by Crippen LogP contribution is -2.24. The normalized spacial score (nSPS) is 13.0. The first kappa shape index (κ1) is 14.7. The molecule has 0 radical (unpaired) electrons. The maximum atomic E-state index is 7.18. The summed E-state index contributed by atoms with van der Waals surface area (Å²) in [4.78, 5) is 3.53. The lowest BCUT2D eigenvalue weighted by Gasteiger charge is -2.14. The minimum Gasteiger partial charge on any atom is -0.457 e. The van der Waals surface area contributed by atoms with E-state index >= 15 is 0 Å². The van der Waals surface area contributed by atoms with Crippen molar-refractivity contribution in [2.75, 3.05) is 0 Å². The van der Waals surface area contributed by atoms with Crippen molar-refractivity contribution in [2.45, 2.75) is 34.2 Å². The minimum absolute atomic E-state index is 0.157. The molecule has 0 saturated heterocycles. The van der Waals surface area contributed by atoms with Gasteiger partial charge in [0.25, 0.3) is 0 Å². The lowest BCUT2D eigenvalue weighted by atomic mass is 9.64. The maximum Gasteiger partial charge on any atom is 0.324 e. The number of nitrogens with zero attached hydrogens (tertiary/aromatic N) is 1. The average Bonchev–Trinajstić information content (AvgIpc) is 2.83. The van der Waals surface area contributed by atoms with Crippen molar-refractivity contribution in [1.82, 2.24) is 0 Å². The van der Waals surface area contributed by atoms with Crippen LogP contribution < -0.4 is 10.2 Å². The van der Waals surface area contributed by atoms with Crippen molar-refractivity contribution in [1.29, 1.82) is 0 Å². The van der Waals surface area contributed by atoms with Crippen LogP contribution in [0.1, 0.15) is 22.3 Å². The Hall–Kier alpha value is -2.25. The Morgan fingerprint density at radius 2 is 1.73 bits per heavy atom. The molecule has 1 aliphatic heterocycles. The summed E-state index contributed by atoms with van der Waals surface area (Å²) >= 11 is 0. The monoisotopic (exact) mass is 291 g/mol. The first-order valence-corrected chi connectivity index (χ1v) is 7.41. The van der Waals surface area contributed by atoms with Crippen LogP contribution in [-0.4, -0.2) is 6.92 Å². The molecular formula is C18H18BNO2. The fourth-order valence-electron chi connectivity index (χ4n) is 2.79. The third-order valence-electron chi connectivity index (χ3n) is 4.20. The molecule has 0 fully saturated rings. The van der Waals surface area contributed by atoms with E-state index in [4.69, 9.17) is 16.0 Å². The van der Waals surface area contributed by atoms with Crippen LogP contribution in [0.5, 0.6) is 11.5 Å². The van der Waals surface area contributed by atoms with E-state index in [1.54, 1.807) is 0 Å². The van der Waals surface area contributed by atoms with Crippen LogP contribution in [0, 0.1) is 27.3 Å². The van der Waals surface area contributed by atoms with Crippen molar-refractivity contribution < 1.29 is 9.39 Å². The van der Waals surface area contributed by atoms with Crippen LogP contribution in [0.2, 0.25) is 6.82 Å². The van der Waals surface area contributed by atoms with Gasteiger partial charge in [0.05, 0.1) is 13.2 Å². The van der Waals surface area contributed by atoms with Crippen molar-refractivity contribution in [3.63, 3.8) is 0 Å². The summed E-state index contributed by atoms with van der Waals surface area (Å²) in [6, 6.07) is 8.05. The number of fused-ring (bicyclic) bond motifs is 1. The highest BCUT2D eigenvalue weighted by Crippen LogP contribution is 2.33. The van der Waals surface area contributed by atoms with Crippen LogP contribution in [0.15, 0.2) is 24.3 Å². The van der Waals surface area contributed by atoms with Gasteiger partial charge < -0.3 is 9.39 Å². The zero-order valence-electron chi connectivity index (χ0n) is 13.4. The van der Waals surface area contributed by atoms with Crippen molar-refractivity contribution in [2.24, 2.45) is 0 Å². The number of hydrogen-bond acceptors (Lipinski definition) is 2. The molecule has 2 aromatic carbocycles. The molecule has 0 amide bonds. The molecule has 110 valence electrons. The zero-order chi connectivity index (χ0) is 15.9. The van der Waals surface area contributed by atoms with Gasteiger partial charge in [-0.2, -0.15) is 0 Å². The van der Waals surface area contributed by atoms with E-state index < -0.39 is 0 Å². The van der Waals surface area contributed by atoms with Crippen LogP contribution in [0.25, 0.3) is 4.85 Å². The molecule has 4 heteroatoms. The largest absolute Gasteiger partial charge is 0.457 e. The van der Waals surface area contributed by atoms with Gasteiger partial charge in [0.15, 0.2) is 5.69 Å². The third kappa shape index (κ3) is 2.49. The van der Waals surface area contributed by atoms with Crippen molar-refractivity contribution in [3.8, 4) is 11.5 Å². The quantitative estimate of drug-likeness (QED) is 0.607. The molecule has 0 aromatic heterocycles. The Bertz CT molecular complexity index is 793. The van der Waals surface area contributed by atoms with Crippen LogP contribution >= 0.6 is 0 Å². The van der Waals surface area contributed by atoms with Gasteiger partial charge in [0.1, 0.15) is 11.5 Å². The molecule has 0 atom stereocenters. The minimum atomic E-state index is 0.157. The standard InChI is InChI=1S/C18H18BNO2/c1-11-8-17(13(3)7-16(11)20-5)22-18-9-14-10-21-19(4)15(14)6-12(18)2/h6-9H,10H2,1-4H3. The van der Waals surface area contributed by atoms with Crippen LogP contribution in [-0.2, 0) is 11.3 Å².